The van der Waals surface area contributed by atoms with Crippen LogP contribution in [0.4, 0.5) is 13.2 Å². The minimum absolute atomic E-state index is 0.0262. The molecule has 8 nitrogen and oxygen atoms in total. The summed E-state index contributed by atoms with van der Waals surface area (Å²) in [5, 5.41) is 12.4. The van der Waals surface area contributed by atoms with Crippen molar-refractivity contribution in [1.29, 1.82) is 0 Å². The molecule has 0 spiro atoms. The van der Waals surface area contributed by atoms with E-state index in [1.165, 1.54) is 12.1 Å². The van der Waals surface area contributed by atoms with Gasteiger partial charge in [-0.1, -0.05) is 24.3 Å². The van der Waals surface area contributed by atoms with Crippen LogP contribution in [-0.4, -0.2) is 30.2 Å². The number of aromatic nitrogens is 6. The number of rotatable bonds is 3. The van der Waals surface area contributed by atoms with Gasteiger partial charge in [-0.05, 0) is 29.5 Å². The Morgan fingerprint density at radius 3 is 2.77 bits per heavy atom. The Kier molecular flexibility index (Phi) is 3.91. The lowest BCUT2D eigenvalue weighted by molar-refractivity contribution is -0.137. The molecule has 0 aliphatic rings. The van der Waals surface area contributed by atoms with E-state index in [4.69, 9.17) is 4.42 Å². The zero-order chi connectivity index (χ0) is 20.9. The van der Waals surface area contributed by atoms with Crippen molar-refractivity contribution in [3.8, 4) is 11.4 Å². The van der Waals surface area contributed by atoms with Crippen molar-refractivity contribution >= 4 is 22.1 Å². The zero-order valence-corrected chi connectivity index (χ0v) is 15.0. The largest absolute Gasteiger partial charge is 0.449 e. The van der Waals surface area contributed by atoms with Crippen LogP contribution in [0.1, 0.15) is 11.4 Å². The molecular formula is C19H11F3N6O2. The molecule has 11 heteroatoms. The Morgan fingerprint density at radius 1 is 1.10 bits per heavy atom. The Hall–Kier alpha value is -4.02. The van der Waals surface area contributed by atoms with Gasteiger partial charge in [-0.3, -0.25) is 4.79 Å². The van der Waals surface area contributed by atoms with E-state index in [-0.39, 0.29) is 29.3 Å². The van der Waals surface area contributed by atoms with Crippen LogP contribution in [0, 0.1) is 0 Å². The number of H-pyrrole nitrogens is 1. The Morgan fingerprint density at radius 2 is 1.93 bits per heavy atom. The highest BCUT2D eigenvalue weighted by Gasteiger charge is 2.30. The van der Waals surface area contributed by atoms with Gasteiger partial charge < -0.3 is 9.40 Å². The number of hydrogen-bond acceptors (Lipinski definition) is 6. The smallest absolute Gasteiger partial charge is 0.416 e. The first kappa shape index (κ1) is 18.0. The molecule has 150 valence electrons. The van der Waals surface area contributed by atoms with Crippen molar-refractivity contribution in [1.82, 2.24) is 30.2 Å². The molecule has 0 bridgehead atoms. The van der Waals surface area contributed by atoms with E-state index in [2.05, 4.69) is 25.4 Å². The van der Waals surface area contributed by atoms with Gasteiger partial charge >= 0.3 is 6.18 Å². The number of nitrogens with zero attached hydrogens (tertiary/aromatic N) is 5. The molecule has 0 atom stereocenters. The van der Waals surface area contributed by atoms with Crippen LogP contribution in [0.5, 0.6) is 0 Å². The van der Waals surface area contributed by atoms with Crippen LogP contribution in [0.25, 0.3) is 33.5 Å². The van der Waals surface area contributed by atoms with Crippen LogP contribution in [0.15, 0.2) is 57.7 Å². The van der Waals surface area contributed by atoms with Gasteiger partial charge in [-0.25, -0.2) is 4.98 Å². The lowest BCUT2D eigenvalue weighted by Gasteiger charge is -2.06. The minimum atomic E-state index is -4.47. The summed E-state index contributed by atoms with van der Waals surface area (Å²) in [6, 6.07) is 11.8. The van der Waals surface area contributed by atoms with Gasteiger partial charge in [-0.2, -0.15) is 18.0 Å². The Balaban J connectivity index is 1.49. The predicted molar refractivity (Wildman–Crippen MR) is 99.5 cm³/mol. The van der Waals surface area contributed by atoms with Crippen molar-refractivity contribution in [2.24, 2.45) is 0 Å². The van der Waals surface area contributed by atoms with Gasteiger partial charge in [0.1, 0.15) is 23.5 Å². The highest BCUT2D eigenvalue weighted by Crippen LogP contribution is 2.31. The van der Waals surface area contributed by atoms with E-state index >= 15 is 0 Å². The lowest BCUT2D eigenvalue weighted by Crippen LogP contribution is -2.15. The number of benzene rings is 2. The third-order valence-electron chi connectivity index (χ3n) is 4.47. The van der Waals surface area contributed by atoms with E-state index < -0.39 is 17.3 Å². The Bertz CT molecular complexity index is 1450. The van der Waals surface area contributed by atoms with E-state index in [0.29, 0.717) is 16.5 Å². The molecule has 30 heavy (non-hydrogen) atoms. The summed E-state index contributed by atoms with van der Waals surface area (Å²) in [5.74, 6) is 0.283. The minimum Gasteiger partial charge on any atom is -0.449 e. The lowest BCUT2D eigenvalue weighted by atomic mass is 10.1. The van der Waals surface area contributed by atoms with Crippen molar-refractivity contribution in [3.05, 3.63) is 70.3 Å². The average molecular weight is 412 g/mol. The molecule has 0 fully saturated rings. The third kappa shape index (κ3) is 3.09. The van der Waals surface area contributed by atoms with Crippen molar-refractivity contribution < 1.29 is 17.6 Å². The standard InChI is InChI=1S/C19H11F3N6O2/c20-19(21,22)11-5-3-4-10(8-11)17-25-27-28(26-17)9-14-23-15-12-6-1-2-7-13(12)30-16(15)18(29)24-14/h1-8H,9H2,(H,23,24,29). The summed E-state index contributed by atoms with van der Waals surface area (Å²) < 4.78 is 44.3. The molecule has 0 aliphatic carbocycles. The fourth-order valence-electron chi connectivity index (χ4n) is 3.12. The molecule has 3 aromatic heterocycles. The van der Waals surface area contributed by atoms with Crippen molar-refractivity contribution in [2.45, 2.75) is 12.7 Å². The van der Waals surface area contributed by atoms with Crippen LogP contribution >= 0.6 is 0 Å². The average Bonchev–Trinajstić information content (AvgIpc) is 3.33. The summed E-state index contributed by atoms with van der Waals surface area (Å²) in [6.45, 7) is -0.0311. The maximum Gasteiger partial charge on any atom is 0.416 e. The molecule has 1 N–H and O–H groups in total. The first-order chi connectivity index (χ1) is 14.4. The molecule has 0 saturated heterocycles. The van der Waals surface area contributed by atoms with Crippen LogP contribution < -0.4 is 5.56 Å². The van der Waals surface area contributed by atoms with E-state index in [0.717, 1.165) is 16.9 Å². The predicted octanol–water partition coefficient (Wildman–Crippen LogP) is 3.39. The molecule has 0 unspecified atom stereocenters. The summed E-state index contributed by atoms with van der Waals surface area (Å²) in [4.78, 5) is 20.5. The fraction of sp³-hybridized carbons (Fsp3) is 0.105. The van der Waals surface area contributed by atoms with E-state index in [9.17, 15) is 18.0 Å². The first-order valence-electron chi connectivity index (χ1n) is 8.74. The molecule has 3 heterocycles. The zero-order valence-electron chi connectivity index (χ0n) is 15.0. The number of halogens is 3. The highest BCUT2D eigenvalue weighted by atomic mass is 19.4. The van der Waals surface area contributed by atoms with Gasteiger partial charge in [0, 0.05) is 10.9 Å². The van der Waals surface area contributed by atoms with E-state index in [1.54, 1.807) is 24.3 Å². The monoisotopic (exact) mass is 412 g/mol. The quantitative estimate of drug-likeness (QED) is 0.487. The van der Waals surface area contributed by atoms with Crippen molar-refractivity contribution in [3.63, 3.8) is 0 Å². The fourth-order valence-corrected chi connectivity index (χ4v) is 3.12. The Labute approximate surface area is 165 Å². The number of aromatic amines is 1. The summed E-state index contributed by atoms with van der Waals surface area (Å²) in [6.07, 6.45) is -4.47. The van der Waals surface area contributed by atoms with Gasteiger partial charge in [0.25, 0.3) is 5.56 Å². The van der Waals surface area contributed by atoms with Gasteiger partial charge in [0.2, 0.25) is 11.4 Å². The number of nitrogens with one attached hydrogen (secondary N) is 1. The van der Waals surface area contributed by atoms with Crippen molar-refractivity contribution in [2.75, 3.05) is 0 Å². The number of fused-ring (bicyclic) bond motifs is 3. The number of alkyl halides is 3. The van der Waals surface area contributed by atoms with Crippen LogP contribution in [0.3, 0.4) is 0 Å². The second kappa shape index (κ2) is 6.51. The summed E-state index contributed by atoms with van der Waals surface area (Å²) >= 11 is 0. The molecule has 0 radical (unpaired) electrons. The van der Waals surface area contributed by atoms with E-state index in [1.807, 2.05) is 0 Å². The molecule has 5 aromatic rings. The van der Waals surface area contributed by atoms with Crippen LogP contribution in [-0.2, 0) is 12.7 Å². The third-order valence-corrected chi connectivity index (χ3v) is 4.47. The number of tetrazole rings is 1. The molecule has 2 aromatic carbocycles. The van der Waals surface area contributed by atoms with Gasteiger partial charge in [-0.15, -0.1) is 10.2 Å². The second-order valence-corrected chi connectivity index (χ2v) is 6.51. The van der Waals surface area contributed by atoms with Gasteiger partial charge in [0.05, 0.1) is 5.56 Å². The number of furan rings is 1. The maximum absolute atomic E-state index is 12.9. The summed E-state index contributed by atoms with van der Waals surface area (Å²) in [5.41, 5.74) is -0.0371. The first-order valence-corrected chi connectivity index (χ1v) is 8.74. The SMILES string of the molecule is O=c1[nH]c(Cn2nnc(-c3cccc(C(F)(F)F)c3)n2)nc2c1oc1ccccc12. The molecule has 0 saturated carbocycles. The molecule has 0 aliphatic heterocycles. The normalized spacial score (nSPS) is 12.1. The topological polar surface area (TPSA) is 102 Å². The number of para-hydroxylation sites is 1. The number of hydrogen-bond donors (Lipinski definition) is 1. The molecular weight excluding hydrogens is 401 g/mol. The highest BCUT2D eigenvalue weighted by molar-refractivity contribution is 6.01. The van der Waals surface area contributed by atoms with Crippen LogP contribution in [0.2, 0.25) is 0 Å². The molecule has 5 rings (SSSR count). The summed E-state index contributed by atoms with van der Waals surface area (Å²) in [7, 11) is 0. The van der Waals surface area contributed by atoms with Gasteiger partial charge in [0.15, 0.2) is 0 Å². The maximum atomic E-state index is 12.9. The second-order valence-electron chi connectivity index (χ2n) is 6.51. The molecule has 0 amide bonds.